The third-order valence-electron chi connectivity index (χ3n) is 4.81. The normalized spacial score (nSPS) is 11.8. The number of aromatic nitrogens is 1. The molecule has 2 nitrogen and oxygen atoms in total. The summed E-state index contributed by atoms with van der Waals surface area (Å²) in [5.74, 6) is 0.668. The molecule has 0 aliphatic carbocycles. The maximum Gasteiger partial charge on any atom is 0.227 e. The summed E-state index contributed by atoms with van der Waals surface area (Å²) in [6, 6.07) is 22.9. The molecule has 0 saturated heterocycles. The van der Waals surface area contributed by atoms with E-state index < -0.39 is 0 Å². The largest absolute Gasteiger partial charge is 0.435 e. The number of fused-ring (bicyclic) bond motifs is 1. The van der Waals surface area contributed by atoms with Crippen molar-refractivity contribution in [3.8, 4) is 22.6 Å². The van der Waals surface area contributed by atoms with Crippen LogP contribution in [0, 0.1) is 6.92 Å². The topological polar surface area (TPSA) is 26.0 Å². The Morgan fingerprint density at radius 3 is 2.19 bits per heavy atom. The summed E-state index contributed by atoms with van der Waals surface area (Å²) in [5, 5.41) is 0. The molecule has 26 heavy (non-hydrogen) atoms. The van der Waals surface area contributed by atoms with Gasteiger partial charge in [-0.05, 0) is 53.3 Å². The SMILES string of the molecule is Cc1ccccc1-c1cc(C(C)(C)C)cc2nc(-c3ccccc3)oc12. The second-order valence-electron chi connectivity index (χ2n) is 7.82. The zero-order valence-electron chi connectivity index (χ0n) is 15.7. The Morgan fingerprint density at radius 1 is 0.808 bits per heavy atom. The number of rotatable bonds is 2. The van der Waals surface area contributed by atoms with E-state index >= 15 is 0 Å². The first-order chi connectivity index (χ1) is 12.4. The van der Waals surface area contributed by atoms with Crippen LogP contribution in [0.4, 0.5) is 0 Å². The Morgan fingerprint density at radius 2 is 1.50 bits per heavy atom. The number of hydrogen-bond donors (Lipinski definition) is 0. The highest BCUT2D eigenvalue weighted by atomic mass is 16.3. The van der Waals surface area contributed by atoms with Crippen LogP contribution in [0.3, 0.4) is 0 Å². The van der Waals surface area contributed by atoms with E-state index in [0.717, 1.165) is 22.2 Å². The Hall–Kier alpha value is -2.87. The number of aryl methyl sites for hydroxylation is 1. The molecule has 4 aromatic rings. The van der Waals surface area contributed by atoms with Gasteiger partial charge in [0.25, 0.3) is 0 Å². The zero-order chi connectivity index (χ0) is 18.3. The number of hydrogen-bond acceptors (Lipinski definition) is 2. The van der Waals surface area contributed by atoms with Crippen molar-refractivity contribution in [2.75, 3.05) is 0 Å². The van der Waals surface area contributed by atoms with Gasteiger partial charge in [-0.3, -0.25) is 0 Å². The molecule has 0 saturated carbocycles. The molecule has 2 heteroatoms. The van der Waals surface area contributed by atoms with Gasteiger partial charge < -0.3 is 4.42 Å². The van der Waals surface area contributed by atoms with E-state index in [0.29, 0.717) is 5.89 Å². The van der Waals surface area contributed by atoms with Crippen molar-refractivity contribution in [1.29, 1.82) is 0 Å². The third-order valence-corrected chi connectivity index (χ3v) is 4.81. The minimum atomic E-state index is 0.0392. The van der Waals surface area contributed by atoms with Crippen molar-refractivity contribution in [2.45, 2.75) is 33.1 Å². The van der Waals surface area contributed by atoms with Crippen LogP contribution in [0.25, 0.3) is 33.7 Å². The molecule has 3 aromatic carbocycles. The van der Waals surface area contributed by atoms with E-state index in [-0.39, 0.29) is 5.41 Å². The van der Waals surface area contributed by atoms with Crippen LogP contribution in [0.2, 0.25) is 0 Å². The van der Waals surface area contributed by atoms with Crippen molar-refractivity contribution in [1.82, 2.24) is 4.98 Å². The van der Waals surface area contributed by atoms with Gasteiger partial charge in [0.05, 0.1) is 0 Å². The zero-order valence-corrected chi connectivity index (χ0v) is 15.7. The van der Waals surface area contributed by atoms with Gasteiger partial charge in [0.15, 0.2) is 5.58 Å². The average molecular weight is 341 g/mol. The fraction of sp³-hybridized carbons (Fsp3) is 0.208. The van der Waals surface area contributed by atoms with Crippen LogP contribution < -0.4 is 0 Å². The fourth-order valence-corrected chi connectivity index (χ4v) is 3.25. The molecule has 0 radical (unpaired) electrons. The number of nitrogens with zero attached hydrogens (tertiary/aromatic N) is 1. The predicted molar refractivity (Wildman–Crippen MR) is 108 cm³/mol. The van der Waals surface area contributed by atoms with E-state index in [9.17, 15) is 0 Å². The quantitative estimate of drug-likeness (QED) is 0.402. The third kappa shape index (κ3) is 2.92. The lowest BCUT2D eigenvalue weighted by atomic mass is 9.84. The van der Waals surface area contributed by atoms with Gasteiger partial charge in [0.1, 0.15) is 5.52 Å². The van der Waals surface area contributed by atoms with Crippen LogP contribution in [0.15, 0.2) is 71.1 Å². The second-order valence-corrected chi connectivity index (χ2v) is 7.82. The fourth-order valence-electron chi connectivity index (χ4n) is 3.25. The van der Waals surface area contributed by atoms with E-state index in [4.69, 9.17) is 9.40 Å². The summed E-state index contributed by atoms with van der Waals surface area (Å²) >= 11 is 0. The molecular formula is C24H23NO. The molecule has 0 unspecified atom stereocenters. The standard InChI is InChI=1S/C24H23NO/c1-16-10-8-9-13-19(16)20-14-18(24(2,3)4)15-21-22(20)26-23(25-21)17-11-6-5-7-12-17/h5-15H,1-4H3. The lowest BCUT2D eigenvalue weighted by molar-refractivity contribution is 0.590. The summed E-state index contributed by atoms with van der Waals surface area (Å²) in [5.41, 5.74) is 7.60. The van der Waals surface area contributed by atoms with Gasteiger partial charge >= 0.3 is 0 Å². The molecule has 0 bridgehead atoms. The van der Waals surface area contributed by atoms with Crippen molar-refractivity contribution < 1.29 is 4.42 Å². The lowest BCUT2D eigenvalue weighted by Crippen LogP contribution is -2.11. The van der Waals surface area contributed by atoms with Crippen molar-refractivity contribution in [3.63, 3.8) is 0 Å². The highest BCUT2D eigenvalue weighted by Crippen LogP contribution is 2.37. The van der Waals surface area contributed by atoms with Gasteiger partial charge in [0.2, 0.25) is 5.89 Å². The van der Waals surface area contributed by atoms with E-state index in [1.165, 1.54) is 16.7 Å². The molecule has 0 atom stereocenters. The molecule has 0 aliphatic rings. The minimum Gasteiger partial charge on any atom is -0.435 e. The summed E-state index contributed by atoms with van der Waals surface area (Å²) in [7, 11) is 0. The first-order valence-corrected chi connectivity index (χ1v) is 9.00. The molecule has 130 valence electrons. The molecule has 1 aromatic heterocycles. The van der Waals surface area contributed by atoms with Crippen molar-refractivity contribution >= 4 is 11.1 Å². The lowest BCUT2D eigenvalue weighted by Gasteiger charge is -2.20. The summed E-state index contributed by atoms with van der Waals surface area (Å²) in [6.45, 7) is 8.83. The van der Waals surface area contributed by atoms with Gasteiger partial charge in [0, 0.05) is 11.1 Å². The van der Waals surface area contributed by atoms with Crippen LogP contribution in [0.5, 0.6) is 0 Å². The molecule has 0 spiro atoms. The van der Waals surface area contributed by atoms with Crippen LogP contribution in [-0.4, -0.2) is 4.98 Å². The minimum absolute atomic E-state index is 0.0392. The summed E-state index contributed by atoms with van der Waals surface area (Å²) in [6.07, 6.45) is 0. The number of oxazole rings is 1. The predicted octanol–water partition coefficient (Wildman–Crippen LogP) is 6.77. The van der Waals surface area contributed by atoms with Gasteiger partial charge in [-0.25, -0.2) is 4.98 Å². The molecule has 4 rings (SSSR count). The molecule has 0 N–H and O–H groups in total. The highest BCUT2D eigenvalue weighted by Gasteiger charge is 2.21. The monoisotopic (exact) mass is 341 g/mol. The molecule has 1 heterocycles. The van der Waals surface area contributed by atoms with E-state index in [2.05, 4.69) is 64.1 Å². The van der Waals surface area contributed by atoms with Crippen molar-refractivity contribution in [2.24, 2.45) is 0 Å². The Bertz CT molecular complexity index is 1070. The Labute approximate surface area is 154 Å². The molecular weight excluding hydrogens is 318 g/mol. The van der Waals surface area contributed by atoms with Crippen LogP contribution in [-0.2, 0) is 5.41 Å². The van der Waals surface area contributed by atoms with Crippen molar-refractivity contribution in [3.05, 3.63) is 77.9 Å². The molecule has 0 fully saturated rings. The maximum absolute atomic E-state index is 6.25. The van der Waals surface area contributed by atoms with Crippen LogP contribution in [0.1, 0.15) is 31.9 Å². The molecule has 0 aliphatic heterocycles. The maximum atomic E-state index is 6.25. The van der Waals surface area contributed by atoms with E-state index in [1.54, 1.807) is 0 Å². The number of benzene rings is 3. The highest BCUT2D eigenvalue weighted by molar-refractivity contribution is 5.93. The summed E-state index contributed by atoms with van der Waals surface area (Å²) < 4.78 is 6.25. The van der Waals surface area contributed by atoms with Gasteiger partial charge in [-0.15, -0.1) is 0 Å². The molecule has 0 amide bonds. The second kappa shape index (κ2) is 6.14. The summed E-state index contributed by atoms with van der Waals surface area (Å²) in [4.78, 5) is 4.81. The Balaban J connectivity index is 2.02. The average Bonchev–Trinajstić information content (AvgIpc) is 3.06. The van der Waals surface area contributed by atoms with Crippen LogP contribution >= 0.6 is 0 Å². The van der Waals surface area contributed by atoms with E-state index in [1.807, 2.05) is 30.3 Å². The van der Waals surface area contributed by atoms with Gasteiger partial charge in [-0.1, -0.05) is 63.2 Å². The smallest absolute Gasteiger partial charge is 0.227 e. The first kappa shape index (κ1) is 16.6. The van der Waals surface area contributed by atoms with Gasteiger partial charge in [-0.2, -0.15) is 0 Å². The first-order valence-electron chi connectivity index (χ1n) is 9.00. The Kier molecular flexibility index (Phi) is 3.91.